The molecule has 4 rings (SSSR count). The minimum atomic E-state index is 0.508. The number of hydrogen-bond acceptors (Lipinski definition) is 6. The van der Waals surface area contributed by atoms with Crippen LogP contribution in [-0.4, -0.2) is 40.8 Å². The first-order valence-electron chi connectivity index (χ1n) is 10.1. The number of rotatable bonds is 6. The van der Waals surface area contributed by atoms with Crippen molar-refractivity contribution in [3.63, 3.8) is 0 Å². The highest BCUT2D eigenvalue weighted by Gasteiger charge is 2.16. The maximum atomic E-state index is 5.35. The van der Waals surface area contributed by atoms with Gasteiger partial charge in [-0.25, -0.2) is 9.97 Å². The number of aromatic nitrogens is 3. The van der Waals surface area contributed by atoms with Gasteiger partial charge in [0.05, 0.1) is 43.7 Å². The molecule has 32 heavy (non-hydrogen) atoms. The number of nitrogens with zero attached hydrogens (tertiary/aromatic N) is 3. The van der Waals surface area contributed by atoms with Crippen molar-refractivity contribution in [3.05, 3.63) is 60.9 Å². The van der Waals surface area contributed by atoms with E-state index in [4.69, 9.17) is 31.7 Å². The van der Waals surface area contributed by atoms with Crippen LogP contribution in [-0.2, 0) is 0 Å². The Hall–Kier alpha value is -3.78. The largest absolute Gasteiger partial charge is 0.497 e. The van der Waals surface area contributed by atoms with E-state index in [1.807, 2.05) is 55.5 Å². The van der Waals surface area contributed by atoms with Crippen LogP contribution in [0.15, 0.2) is 60.9 Å². The van der Waals surface area contributed by atoms with E-state index >= 15 is 0 Å². The number of nitrogens with one attached hydrogen (secondary N) is 2. The molecule has 0 spiro atoms. The lowest BCUT2D eigenvalue weighted by Crippen LogP contribution is -2.28. The fourth-order valence-electron chi connectivity index (χ4n) is 3.30. The maximum absolute atomic E-state index is 5.35. The molecular weight excluding hydrogens is 422 g/mol. The van der Waals surface area contributed by atoms with Crippen LogP contribution in [0.2, 0.25) is 0 Å². The van der Waals surface area contributed by atoms with Crippen molar-refractivity contribution < 1.29 is 9.47 Å². The van der Waals surface area contributed by atoms with Gasteiger partial charge in [-0.3, -0.25) is 4.98 Å². The van der Waals surface area contributed by atoms with Gasteiger partial charge in [0, 0.05) is 17.7 Å². The fourth-order valence-corrected chi connectivity index (χ4v) is 3.55. The van der Waals surface area contributed by atoms with Crippen LogP contribution >= 0.6 is 12.2 Å². The van der Waals surface area contributed by atoms with Crippen LogP contribution in [0, 0.1) is 0 Å². The van der Waals surface area contributed by atoms with Crippen molar-refractivity contribution in [2.24, 2.45) is 0 Å². The molecule has 0 fully saturated rings. The summed E-state index contributed by atoms with van der Waals surface area (Å²) in [5.74, 6) is 1.55. The lowest BCUT2D eigenvalue weighted by atomic mass is 10.0. The molecule has 0 bridgehead atoms. The van der Waals surface area contributed by atoms with E-state index in [-0.39, 0.29) is 0 Å². The average molecular weight is 446 g/mol. The zero-order valence-electron chi connectivity index (χ0n) is 18.0. The van der Waals surface area contributed by atoms with Crippen LogP contribution in [0.5, 0.6) is 11.5 Å². The summed E-state index contributed by atoms with van der Waals surface area (Å²) >= 11 is 5.35. The Balaban J connectivity index is 1.90. The minimum Gasteiger partial charge on any atom is -0.497 e. The van der Waals surface area contributed by atoms with E-state index in [9.17, 15) is 0 Å². The SMILES string of the molecule is CCNC(=S)Nc1cncc2nc(-c3ccc(OC)cc3)c(-c3ccc(OC)cc3)nc12. The molecule has 7 nitrogen and oxygen atoms in total. The van der Waals surface area contributed by atoms with Crippen molar-refractivity contribution >= 4 is 34.1 Å². The standard InChI is InChI=1S/C24H23N5O2S/c1-4-26-24(32)28-20-14-25-13-19-23(20)29-22(16-7-11-18(31-3)12-8-16)21(27-19)15-5-9-17(30-2)10-6-15/h5-14H,4H2,1-3H3,(H2,26,28,32). The number of hydrogen-bond donors (Lipinski definition) is 2. The number of methoxy groups -OCH3 is 2. The highest BCUT2D eigenvalue weighted by molar-refractivity contribution is 7.80. The third-order valence-electron chi connectivity index (χ3n) is 4.89. The van der Waals surface area contributed by atoms with Crippen molar-refractivity contribution in [2.45, 2.75) is 6.92 Å². The summed E-state index contributed by atoms with van der Waals surface area (Å²) in [5, 5.41) is 6.77. The Bertz CT molecular complexity index is 1240. The van der Waals surface area contributed by atoms with Crippen LogP contribution in [0.1, 0.15) is 6.92 Å². The quantitative estimate of drug-likeness (QED) is 0.414. The summed E-state index contributed by atoms with van der Waals surface area (Å²) in [7, 11) is 3.29. The molecule has 0 saturated heterocycles. The predicted molar refractivity (Wildman–Crippen MR) is 131 cm³/mol. The molecule has 0 saturated carbocycles. The van der Waals surface area contributed by atoms with E-state index in [0.717, 1.165) is 34.0 Å². The second kappa shape index (κ2) is 9.57. The first-order valence-corrected chi connectivity index (χ1v) is 10.5. The fraction of sp³-hybridized carbons (Fsp3) is 0.167. The molecule has 8 heteroatoms. The van der Waals surface area contributed by atoms with Gasteiger partial charge in [0.1, 0.15) is 22.5 Å². The number of pyridine rings is 1. The van der Waals surface area contributed by atoms with Gasteiger partial charge in [-0.1, -0.05) is 0 Å². The van der Waals surface area contributed by atoms with E-state index in [1.165, 1.54) is 0 Å². The molecule has 4 aromatic rings. The number of benzene rings is 2. The van der Waals surface area contributed by atoms with Crippen molar-refractivity contribution in [1.29, 1.82) is 0 Å². The summed E-state index contributed by atoms with van der Waals surface area (Å²) in [6, 6.07) is 15.5. The molecule has 2 heterocycles. The Labute approximate surface area is 191 Å². The van der Waals surface area contributed by atoms with E-state index < -0.39 is 0 Å². The summed E-state index contributed by atoms with van der Waals surface area (Å²) in [6.07, 6.45) is 3.40. The highest BCUT2D eigenvalue weighted by Crippen LogP contribution is 2.34. The number of thiocarbonyl (C=S) groups is 1. The van der Waals surface area contributed by atoms with Gasteiger partial charge in [-0.05, 0) is 67.7 Å². The van der Waals surface area contributed by atoms with E-state index in [1.54, 1.807) is 26.6 Å². The zero-order valence-corrected chi connectivity index (χ0v) is 18.9. The van der Waals surface area contributed by atoms with Gasteiger partial charge >= 0.3 is 0 Å². The van der Waals surface area contributed by atoms with E-state index in [2.05, 4.69) is 15.6 Å². The molecule has 162 valence electrons. The molecule has 0 aliphatic carbocycles. The summed E-state index contributed by atoms with van der Waals surface area (Å²) in [6.45, 7) is 2.70. The van der Waals surface area contributed by atoms with Gasteiger partial charge in [-0.2, -0.15) is 0 Å². The average Bonchev–Trinajstić information content (AvgIpc) is 2.84. The van der Waals surface area contributed by atoms with Gasteiger partial charge < -0.3 is 20.1 Å². The van der Waals surface area contributed by atoms with Crippen molar-refractivity contribution in [1.82, 2.24) is 20.3 Å². The Morgan fingerprint density at radius 1 is 0.844 bits per heavy atom. The predicted octanol–water partition coefficient (Wildman–Crippen LogP) is 4.68. The molecule has 2 aromatic carbocycles. The number of anilines is 1. The van der Waals surface area contributed by atoms with Crippen LogP contribution in [0.25, 0.3) is 33.5 Å². The first-order chi connectivity index (χ1) is 15.6. The second-order valence-corrected chi connectivity index (χ2v) is 7.33. The molecule has 0 amide bonds. The molecule has 0 aliphatic heterocycles. The van der Waals surface area contributed by atoms with Crippen molar-refractivity contribution in [3.8, 4) is 34.0 Å². The molecule has 2 N–H and O–H groups in total. The molecule has 0 atom stereocenters. The van der Waals surface area contributed by atoms with Gasteiger partial charge in [0.2, 0.25) is 0 Å². The highest BCUT2D eigenvalue weighted by atomic mass is 32.1. The van der Waals surface area contributed by atoms with E-state index in [0.29, 0.717) is 28.4 Å². The molecule has 2 aromatic heterocycles. The van der Waals surface area contributed by atoms with Crippen molar-refractivity contribution in [2.75, 3.05) is 26.1 Å². The van der Waals surface area contributed by atoms with Crippen LogP contribution in [0.3, 0.4) is 0 Å². The maximum Gasteiger partial charge on any atom is 0.170 e. The number of ether oxygens (including phenoxy) is 2. The third-order valence-corrected chi connectivity index (χ3v) is 5.14. The van der Waals surface area contributed by atoms with Gasteiger partial charge in [0.25, 0.3) is 0 Å². The van der Waals surface area contributed by atoms with Crippen LogP contribution in [0.4, 0.5) is 5.69 Å². The topological polar surface area (TPSA) is 81.2 Å². The third kappa shape index (κ3) is 4.45. The first kappa shape index (κ1) is 21.5. The molecule has 0 radical (unpaired) electrons. The Morgan fingerprint density at radius 2 is 1.41 bits per heavy atom. The summed E-state index contributed by atoms with van der Waals surface area (Å²) in [5.41, 5.74) is 5.38. The lowest BCUT2D eigenvalue weighted by molar-refractivity contribution is 0.414. The smallest absolute Gasteiger partial charge is 0.170 e. The van der Waals surface area contributed by atoms with Crippen LogP contribution < -0.4 is 20.1 Å². The molecular formula is C24H23N5O2S. The van der Waals surface area contributed by atoms with Gasteiger partial charge in [-0.15, -0.1) is 0 Å². The summed E-state index contributed by atoms with van der Waals surface area (Å²) < 4.78 is 10.6. The Kier molecular flexibility index (Phi) is 6.42. The Morgan fingerprint density at radius 3 is 1.94 bits per heavy atom. The molecule has 0 unspecified atom stereocenters. The minimum absolute atomic E-state index is 0.508. The second-order valence-electron chi connectivity index (χ2n) is 6.92. The van der Waals surface area contributed by atoms with Gasteiger partial charge in [0.15, 0.2) is 5.11 Å². The normalized spacial score (nSPS) is 10.6. The number of fused-ring (bicyclic) bond motifs is 1. The summed E-state index contributed by atoms with van der Waals surface area (Å²) in [4.78, 5) is 14.3. The lowest BCUT2D eigenvalue weighted by Gasteiger charge is -2.14. The monoisotopic (exact) mass is 445 g/mol. The molecule has 0 aliphatic rings. The zero-order chi connectivity index (χ0) is 22.5.